The van der Waals surface area contributed by atoms with Gasteiger partial charge in [0.15, 0.2) is 0 Å². The lowest BCUT2D eigenvalue weighted by Gasteiger charge is -2.21. The van der Waals surface area contributed by atoms with Crippen molar-refractivity contribution < 1.29 is 22.8 Å². The number of terminal acetylenes is 3. The molecule has 0 saturated carbocycles. The topological polar surface area (TPSA) is 46.2 Å². The molecule has 6 heteroatoms. The van der Waals surface area contributed by atoms with Crippen LogP contribution in [0.2, 0.25) is 6.04 Å². The van der Waals surface area contributed by atoms with Gasteiger partial charge in [-0.15, -0.1) is 0 Å². The molecule has 0 aromatic heterocycles. The lowest BCUT2D eigenvalue weighted by atomic mass is 10.1. The molecule has 0 spiro atoms. The van der Waals surface area contributed by atoms with Crippen LogP contribution >= 0.6 is 0 Å². The number of aryl methyl sites for hydroxylation is 1. The fourth-order valence-corrected chi connectivity index (χ4v) is 3.36. The van der Waals surface area contributed by atoms with E-state index in [9.17, 15) is 0 Å². The first-order valence-corrected chi connectivity index (χ1v) is 8.19. The molecule has 0 radical (unpaired) electrons. The van der Waals surface area contributed by atoms with E-state index in [1.807, 2.05) is 30.5 Å². The van der Waals surface area contributed by atoms with Crippen LogP contribution in [0.1, 0.15) is 5.56 Å². The Labute approximate surface area is 131 Å². The summed E-state index contributed by atoms with van der Waals surface area (Å²) >= 11 is 0. The summed E-state index contributed by atoms with van der Waals surface area (Å²) in [6.07, 6.45) is 22.1. The van der Waals surface area contributed by atoms with E-state index < -0.39 is 8.80 Å². The van der Waals surface area contributed by atoms with Gasteiger partial charge in [0.2, 0.25) is 0 Å². The highest BCUT2D eigenvalue weighted by molar-refractivity contribution is 6.61. The van der Waals surface area contributed by atoms with Crippen LogP contribution in [0.25, 0.3) is 0 Å². The van der Waals surface area contributed by atoms with Crippen LogP contribution in [0, 0.1) is 37.6 Å². The fourth-order valence-electron chi connectivity index (χ4n) is 1.79. The van der Waals surface area contributed by atoms with Gasteiger partial charge in [-0.2, -0.15) is 0 Å². The predicted molar refractivity (Wildman–Crippen MR) is 83.6 cm³/mol. The fraction of sp³-hybridized carbons (Fsp3) is 0.250. The highest BCUT2D eigenvalue weighted by Gasteiger charge is 2.48. The van der Waals surface area contributed by atoms with Crippen LogP contribution in [0.5, 0.6) is 11.5 Å². The Balaban J connectivity index is 2.95. The molecule has 0 bridgehead atoms. The van der Waals surface area contributed by atoms with E-state index in [2.05, 4.69) is 0 Å². The molecule has 0 fully saturated rings. The van der Waals surface area contributed by atoms with E-state index in [0.29, 0.717) is 24.0 Å². The minimum Gasteiger partial charge on any atom is -0.497 e. The second-order valence-corrected chi connectivity index (χ2v) is 6.54. The van der Waals surface area contributed by atoms with Gasteiger partial charge in [-0.1, -0.05) is 19.3 Å². The molecule has 0 aliphatic rings. The molecule has 0 heterocycles. The van der Waals surface area contributed by atoms with E-state index in [-0.39, 0.29) is 0 Å². The SMILES string of the molecule is C#CO[Si](CCc1cc(OC)cc(OC)c1)(OC#C)OC#C. The van der Waals surface area contributed by atoms with Crippen LogP contribution in [0.3, 0.4) is 0 Å². The maximum atomic E-state index is 5.21. The van der Waals surface area contributed by atoms with Crippen molar-refractivity contribution in [1.29, 1.82) is 0 Å². The molecular formula is C16H16O5Si. The van der Waals surface area contributed by atoms with E-state index in [4.69, 9.17) is 42.0 Å². The van der Waals surface area contributed by atoms with Gasteiger partial charge in [-0.05, 0) is 24.1 Å². The van der Waals surface area contributed by atoms with Gasteiger partial charge in [-0.3, -0.25) is 0 Å². The summed E-state index contributed by atoms with van der Waals surface area (Å²) in [5.41, 5.74) is 0.912. The minimum atomic E-state index is -3.32. The van der Waals surface area contributed by atoms with Gasteiger partial charge in [0.05, 0.1) is 38.6 Å². The molecule has 0 amide bonds. The van der Waals surface area contributed by atoms with E-state index in [0.717, 1.165) is 5.56 Å². The van der Waals surface area contributed by atoms with E-state index in [1.54, 1.807) is 20.3 Å². The lowest BCUT2D eigenvalue weighted by Crippen LogP contribution is -2.42. The number of methoxy groups -OCH3 is 2. The quantitative estimate of drug-likeness (QED) is 0.542. The normalized spacial score (nSPS) is 9.59. The summed E-state index contributed by atoms with van der Waals surface area (Å²) in [6, 6.07) is 5.77. The molecule has 1 aromatic carbocycles. The number of ether oxygens (including phenoxy) is 2. The molecule has 0 unspecified atom stereocenters. The van der Waals surface area contributed by atoms with Crippen LogP contribution in [-0.2, 0) is 19.7 Å². The van der Waals surface area contributed by atoms with Crippen molar-refractivity contribution in [2.45, 2.75) is 12.5 Å². The summed E-state index contributed by atoms with van der Waals surface area (Å²) in [5.74, 6) is 1.32. The third-order valence-electron chi connectivity index (χ3n) is 2.77. The Bertz CT molecular complexity index is 558. The first-order chi connectivity index (χ1) is 10.6. The van der Waals surface area contributed by atoms with Gasteiger partial charge in [0.1, 0.15) is 11.5 Å². The van der Waals surface area contributed by atoms with Crippen molar-refractivity contribution >= 4 is 8.80 Å². The highest BCUT2D eigenvalue weighted by atomic mass is 28.4. The Kier molecular flexibility index (Phi) is 6.57. The maximum absolute atomic E-state index is 5.21. The van der Waals surface area contributed by atoms with Crippen molar-refractivity contribution in [3.05, 3.63) is 23.8 Å². The van der Waals surface area contributed by atoms with Crippen LogP contribution in [-0.4, -0.2) is 23.0 Å². The molecule has 114 valence electrons. The Morgan fingerprint density at radius 1 is 0.864 bits per heavy atom. The van der Waals surface area contributed by atoms with E-state index >= 15 is 0 Å². The van der Waals surface area contributed by atoms with Crippen molar-refractivity contribution in [3.8, 4) is 49.1 Å². The van der Waals surface area contributed by atoms with Gasteiger partial charge in [0, 0.05) is 6.07 Å². The molecule has 1 aromatic rings. The smallest absolute Gasteiger partial charge is 0.497 e. The largest absolute Gasteiger partial charge is 0.725 e. The molecular weight excluding hydrogens is 300 g/mol. The van der Waals surface area contributed by atoms with Gasteiger partial charge in [0.25, 0.3) is 0 Å². The Morgan fingerprint density at radius 3 is 1.68 bits per heavy atom. The van der Waals surface area contributed by atoms with Crippen molar-refractivity contribution in [1.82, 2.24) is 0 Å². The predicted octanol–water partition coefficient (Wildman–Crippen LogP) is 2.01. The highest BCUT2D eigenvalue weighted by Crippen LogP contribution is 2.25. The molecule has 1 rings (SSSR count). The first kappa shape index (κ1) is 17.2. The molecule has 0 atom stereocenters. The zero-order valence-corrected chi connectivity index (χ0v) is 13.4. The summed E-state index contributed by atoms with van der Waals surface area (Å²) < 4.78 is 25.8. The minimum absolute atomic E-state index is 0.307. The van der Waals surface area contributed by atoms with Crippen LogP contribution in [0.15, 0.2) is 18.2 Å². The van der Waals surface area contributed by atoms with Gasteiger partial charge >= 0.3 is 8.80 Å². The first-order valence-electron chi connectivity index (χ1n) is 6.25. The van der Waals surface area contributed by atoms with Crippen molar-refractivity contribution in [3.63, 3.8) is 0 Å². The number of hydrogen-bond acceptors (Lipinski definition) is 5. The number of rotatable bonds is 8. The van der Waals surface area contributed by atoms with Crippen LogP contribution in [0.4, 0.5) is 0 Å². The molecule has 0 aliphatic carbocycles. The standard InChI is InChI=1S/C16H16O5Si/c1-6-19-22(20-7-2,21-8-3)10-9-14-11-15(17-4)13-16(12-14)18-5/h1-3,11-13H,9-10H2,4-5H3. The lowest BCUT2D eigenvalue weighted by molar-refractivity contribution is 0.212. The zero-order valence-electron chi connectivity index (χ0n) is 12.4. The number of hydrogen-bond donors (Lipinski definition) is 0. The molecule has 0 aliphatic heterocycles. The van der Waals surface area contributed by atoms with Gasteiger partial charge in [-0.25, -0.2) is 0 Å². The third kappa shape index (κ3) is 4.59. The van der Waals surface area contributed by atoms with Crippen molar-refractivity contribution in [2.75, 3.05) is 14.2 Å². The summed E-state index contributed by atoms with van der Waals surface area (Å²) in [4.78, 5) is 0. The van der Waals surface area contributed by atoms with Crippen LogP contribution < -0.4 is 9.47 Å². The maximum Gasteiger partial charge on any atom is 0.725 e. The molecule has 0 saturated heterocycles. The second kappa shape index (κ2) is 8.41. The number of benzene rings is 1. The average Bonchev–Trinajstić information content (AvgIpc) is 2.53. The Morgan fingerprint density at radius 2 is 1.32 bits per heavy atom. The Hall–Kier alpha value is -2.88. The summed E-state index contributed by atoms with van der Waals surface area (Å²) in [5, 5.41) is 0. The summed E-state index contributed by atoms with van der Waals surface area (Å²) in [6.45, 7) is 0. The second-order valence-electron chi connectivity index (χ2n) is 4.06. The zero-order chi connectivity index (χ0) is 16.4. The molecule has 0 N–H and O–H groups in total. The average molecular weight is 316 g/mol. The van der Waals surface area contributed by atoms with E-state index in [1.165, 1.54) is 0 Å². The third-order valence-corrected chi connectivity index (χ3v) is 4.92. The molecule has 5 nitrogen and oxygen atoms in total. The summed E-state index contributed by atoms with van der Waals surface area (Å²) in [7, 11) is -0.181. The van der Waals surface area contributed by atoms with Gasteiger partial charge < -0.3 is 22.8 Å². The molecule has 22 heavy (non-hydrogen) atoms. The van der Waals surface area contributed by atoms with Crippen molar-refractivity contribution in [2.24, 2.45) is 0 Å². The monoisotopic (exact) mass is 316 g/mol.